The second-order valence-electron chi connectivity index (χ2n) is 4.47. The normalized spacial score (nSPS) is 31.3. The van der Waals surface area contributed by atoms with Crippen molar-refractivity contribution in [2.24, 2.45) is 5.92 Å². The van der Waals surface area contributed by atoms with E-state index >= 15 is 0 Å². The van der Waals surface area contributed by atoms with E-state index in [9.17, 15) is 13.2 Å². The number of rotatable bonds is 3. The summed E-state index contributed by atoms with van der Waals surface area (Å²) in [6.45, 7) is 0. The number of ketones is 1. The Morgan fingerprint density at radius 2 is 1.86 bits per heavy atom. The molecule has 0 N–H and O–H groups in total. The molecular weight excluding hydrogens is 200 g/mol. The molecule has 1 heterocycles. The largest absolute Gasteiger partial charge is 0.298 e. The van der Waals surface area contributed by atoms with Crippen LogP contribution in [-0.2, 0) is 14.6 Å². The van der Waals surface area contributed by atoms with Crippen LogP contribution in [0.2, 0.25) is 0 Å². The zero-order chi connectivity index (χ0) is 10.2. The van der Waals surface area contributed by atoms with Gasteiger partial charge in [0.25, 0.3) is 0 Å². The Balaban J connectivity index is 2.02. The monoisotopic (exact) mass is 216 g/mol. The van der Waals surface area contributed by atoms with Crippen LogP contribution >= 0.6 is 0 Å². The van der Waals surface area contributed by atoms with Crippen molar-refractivity contribution < 1.29 is 13.2 Å². The lowest BCUT2D eigenvalue weighted by atomic mass is 10.1. The summed E-state index contributed by atoms with van der Waals surface area (Å²) in [6, 6.07) is 0. The van der Waals surface area contributed by atoms with Crippen LogP contribution in [-0.4, -0.2) is 25.2 Å². The summed E-state index contributed by atoms with van der Waals surface area (Å²) < 4.78 is 23.2. The zero-order valence-electron chi connectivity index (χ0n) is 8.24. The summed E-state index contributed by atoms with van der Waals surface area (Å²) in [6.07, 6.45) is 4.91. The van der Waals surface area contributed by atoms with Crippen LogP contribution in [0.1, 0.15) is 38.5 Å². The Kier molecular flexibility index (Phi) is 2.64. The van der Waals surface area contributed by atoms with Gasteiger partial charge in [0.2, 0.25) is 0 Å². The molecule has 0 aromatic carbocycles. The minimum absolute atomic E-state index is 0.0211. The van der Waals surface area contributed by atoms with Gasteiger partial charge < -0.3 is 0 Å². The molecule has 1 unspecified atom stereocenters. The minimum atomic E-state index is -3.09. The van der Waals surface area contributed by atoms with E-state index in [-0.39, 0.29) is 11.5 Å². The van der Waals surface area contributed by atoms with Crippen LogP contribution in [0, 0.1) is 5.92 Å². The molecule has 2 rings (SSSR count). The maximum absolute atomic E-state index is 11.7. The van der Waals surface area contributed by atoms with E-state index in [4.69, 9.17) is 0 Å². The van der Waals surface area contributed by atoms with E-state index in [0.29, 0.717) is 18.8 Å². The Hall–Kier alpha value is -0.380. The highest BCUT2D eigenvalue weighted by atomic mass is 32.2. The standard InChI is InChI=1S/C10H16O3S/c11-9(7-8-4-5-8)10-3-1-2-6-14(10,12)13/h8,10H,1-7H2. The van der Waals surface area contributed by atoms with Gasteiger partial charge in [-0.1, -0.05) is 6.42 Å². The van der Waals surface area contributed by atoms with Crippen LogP contribution < -0.4 is 0 Å². The Morgan fingerprint density at radius 1 is 1.14 bits per heavy atom. The van der Waals surface area contributed by atoms with Crippen LogP contribution in [0.15, 0.2) is 0 Å². The molecule has 0 radical (unpaired) electrons. The minimum Gasteiger partial charge on any atom is -0.298 e. The van der Waals surface area contributed by atoms with Crippen molar-refractivity contribution in [3.63, 3.8) is 0 Å². The van der Waals surface area contributed by atoms with Crippen LogP contribution in [0.4, 0.5) is 0 Å². The van der Waals surface area contributed by atoms with Gasteiger partial charge in [0.15, 0.2) is 15.6 Å². The first-order valence-electron chi connectivity index (χ1n) is 5.34. The number of carbonyl (C=O) groups is 1. The number of Topliss-reactive ketones (excluding diaryl/α,β-unsaturated/α-hetero) is 1. The third-order valence-corrected chi connectivity index (χ3v) is 5.35. The quantitative estimate of drug-likeness (QED) is 0.715. The molecule has 1 saturated carbocycles. The van der Waals surface area contributed by atoms with Crippen molar-refractivity contribution in [1.82, 2.24) is 0 Å². The zero-order valence-corrected chi connectivity index (χ0v) is 9.05. The molecule has 14 heavy (non-hydrogen) atoms. The molecule has 4 heteroatoms. The van der Waals surface area contributed by atoms with Crippen molar-refractivity contribution in [1.29, 1.82) is 0 Å². The average molecular weight is 216 g/mol. The fraction of sp³-hybridized carbons (Fsp3) is 0.900. The average Bonchev–Trinajstić information content (AvgIpc) is 2.87. The molecular formula is C10H16O3S. The third kappa shape index (κ3) is 2.16. The molecule has 1 aliphatic heterocycles. The molecule has 0 spiro atoms. The summed E-state index contributed by atoms with van der Waals surface area (Å²) in [5, 5.41) is -0.656. The molecule has 1 aliphatic carbocycles. The molecule has 0 aromatic heterocycles. The topological polar surface area (TPSA) is 51.2 Å². The lowest BCUT2D eigenvalue weighted by molar-refractivity contribution is -0.119. The third-order valence-electron chi connectivity index (χ3n) is 3.12. The predicted octanol–water partition coefficient (Wildman–Crippen LogP) is 1.32. The number of hydrogen-bond donors (Lipinski definition) is 0. The molecule has 80 valence electrons. The first-order chi connectivity index (χ1) is 6.59. The highest BCUT2D eigenvalue weighted by Gasteiger charge is 2.37. The predicted molar refractivity (Wildman–Crippen MR) is 53.8 cm³/mol. The molecule has 0 bridgehead atoms. The van der Waals surface area contributed by atoms with Gasteiger partial charge in [-0.15, -0.1) is 0 Å². The highest BCUT2D eigenvalue weighted by Crippen LogP contribution is 2.34. The van der Waals surface area contributed by atoms with E-state index in [0.717, 1.165) is 25.7 Å². The molecule has 0 aromatic rings. The molecule has 2 fully saturated rings. The van der Waals surface area contributed by atoms with E-state index < -0.39 is 15.1 Å². The molecule has 1 saturated heterocycles. The van der Waals surface area contributed by atoms with Gasteiger partial charge in [-0.05, 0) is 31.6 Å². The van der Waals surface area contributed by atoms with Crippen molar-refractivity contribution in [2.75, 3.05) is 5.75 Å². The first kappa shape index (κ1) is 10.1. The summed E-state index contributed by atoms with van der Waals surface area (Å²) in [7, 11) is -3.09. The fourth-order valence-electron chi connectivity index (χ4n) is 2.05. The van der Waals surface area contributed by atoms with Crippen molar-refractivity contribution in [3.05, 3.63) is 0 Å². The lowest BCUT2D eigenvalue weighted by Gasteiger charge is -2.20. The number of carbonyl (C=O) groups excluding carboxylic acids is 1. The van der Waals surface area contributed by atoms with Gasteiger partial charge in [-0.25, -0.2) is 8.42 Å². The SMILES string of the molecule is O=C(CC1CC1)C1CCCCS1(=O)=O. The van der Waals surface area contributed by atoms with Gasteiger partial charge in [-0.2, -0.15) is 0 Å². The maximum atomic E-state index is 11.7. The summed E-state index contributed by atoms with van der Waals surface area (Å²) in [4.78, 5) is 11.7. The Labute approximate surface area is 84.8 Å². The Bertz CT molecular complexity index is 327. The van der Waals surface area contributed by atoms with Crippen LogP contribution in [0.3, 0.4) is 0 Å². The van der Waals surface area contributed by atoms with Crippen molar-refractivity contribution >= 4 is 15.6 Å². The van der Waals surface area contributed by atoms with Crippen molar-refractivity contribution in [2.45, 2.75) is 43.8 Å². The summed E-state index contributed by atoms with van der Waals surface area (Å²) in [5.41, 5.74) is 0. The molecule has 0 amide bonds. The van der Waals surface area contributed by atoms with Gasteiger partial charge in [0.05, 0.1) is 5.75 Å². The molecule has 2 aliphatic rings. The van der Waals surface area contributed by atoms with Gasteiger partial charge in [0.1, 0.15) is 5.25 Å². The Morgan fingerprint density at radius 3 is 2.43 bits per heavy atom. The van der Waals surface area contributed by atoms with Gasteiger partial charge in [-0.3, -0.25) is 4.79 Å². The van der Waals surface area contributed by atoms with Crippen molar-refractivity contribution in [3.8, 4) is 0 Å². The fourth-order valence-corrected chi connectivity index (χ4v) is 3.97. The van der Waals surface area contributed by atoms with E-state index in [1.165, 1.54) is 0 Å². The van der Waals surface area contributed by atoms with E-state index in [1.54, 1.807) is 0 Å². The first-order valence-corrected chi connectivity index (χ1v) is 7.05. The van der Waals surface area contributed by atoms with E-state index in [2.05, 4.69) is 0 Å². The second-order valence-corrected chi connectivity index (χ2v) is 6.77. The molecule has 3 nitrogen and oxygen atoms in total. The number of sulfone groups is 1. The summed E-state index contributed by atoms with van der Waals surface area (Å²) in [5.74, 6) is 0.695. The second kappa shape index (κ2) is 3.65. The van der Waals surface area contributed by atoms with Crippen LogP contribution in [0.5, 0.6) is 0 Å². The number of hydrogen-bond acceptors (Lipinski definition) is 3. The lowest BCUT2D eigenvalue weighted by Crippen LogP contribution is -2.35. The van der Waals surface area contributed by atoms with E-state index in [1.807, 2.05) is 0 Å². The van der Waals surface area contributed by atoms with Gasteiger partial charge in [0, 0.05) is 6.42 Å². The highest BCUT2D eigenvalue weighted by molar-refractivity contribution is 7.92. The maximum Gasteiger partial charge on any atom is 0.160 e. The van der Waals surface area contributed by atoms with Gasteiger partial charge >= 0.3 is 0 Å². The van der Waals surface area contributed by atoms with Crippen LogP contribution in [0.25, 0.3) is 0 Å². The molecule has 1 atom stereocenters. The summed E-state index contributed by atoms with van der Waals surface area (Å²) >= 11 is 0. The smallest absolute Gasteiger partial charge is 0.160 e.